The Morgan fingerprint density at radius 1 is 1.06 bits per heavy atom. The second-order valence-electron chi connectivity index (χ2n) is 7.11. The highest BCUT2D eigenvalue weighted by molar-refractivity contribution is 14.0. The lowest BCUT2D eigenvalue weighted by atomic mass is 10.1. The van der Waals surface area contributed by atoms with E-state index in [1.54, 1.807) is 25.0 Å². The molecule has 9 nitrogen and oxygen atoms in total. The van der Waals surface area contributed by atoms with E-state index in [-0.39, 0.29) is 24.0 Å². The summed E-state index contributed by atoms with van der Waals surface area (Å²) in [5.41, 5.74) is 2.37. The fourth-order valence-corrected chi connectivity index (χ4v) is 3.49. The third-order valence-electron chi connectivity index (χ3n) is 4.96. The lowest BCUT2D eigenvalue weighted by Gasteiger charge is -2.36. The van der Waals surface area contributed by atoms with Crippen LogP contribution in [0, 0.1) is 0 Å². The summed E-state index contributed by atoms with van der Waals surface area (Å²) >= 11 is 0. The molecule has 0 bridgehead atoms. The van der Waals surface area contributed by atoms with Crippen LogP contribution in [0.4, 0.5) is 5.95 Å². The van der Waals surface area contributed by atoms with Gasteiger partial charge in [0, 0.05) is 45.1 Å². The molecule has 3 heterocycles. The molecule has 0 radical (unpaired) electrons. The molecule has 1 N–H and O–H groups in total. The maximum Gasteiger partial charge on any atom is 0.225 e. The first-order chi connectivity index (χ1) is 14.8. The molecule has 1 aliphatic heterocycles. The Hall–Kier alpha value is -2.76. The minimum Gasteiger partial charge on any atom is -0.357 e. The van der Waals surface area contributed by atoms with E-state index in [1.807, 2.05) is 10.7 Å². The van der Waals surface area contributed by atoms with E-state index in [2.05, 4.69) is 66.4 Å². The van der Waals surface area contributed by atoms with Gasteiger partial charge in [-0.05, 0) is 24.1 Å². The molecular formula is C21H28IN9. The van der Waals surface area contributed by atoms with E-state index < -0.39 is 0 Å². The number of aromatic nitrogens is 5. The zero-order valence-corrected chi connectivity index (χ0v) is 20.0. The van der Waals surface area contributed by atoms with Gasteiger partial charge in [0.2, 0.25) is 5.95 Å². The van der Waals surface area contributed by atoms with Crippen molar-refractivity contribution in [1.29, 1.82) is 0 Å². The third-order valence-corrected chi connectivity index (χ3v) is 4.96. The smallest absolute Gasteiger partial charge is 0.225 e. The lowest BCUT2D eigenvalue weighted by Crippen LogP contribution is -2.52. The molecule has 1 aromatic carbocycles. The van der Waals surface area contributed by atoms with Gasteiger partial charge in [0.25, 0.3) is 0 Å². The van der Waals surface area contributed by atoms with Gasteiger partial charge in [0.15, 0.2) is 5.96 Å². The second kappa shape index (κ2) is 11.6. The summed E-state index contributed by atoms with van der Waals surface area (Å²) in [5.74, 6) is 1.75. The van der Waals surface area contributed by atoms with Gasteiger partial charge in [0.1, 0.15) is 12.7 Å². The van der Waals surface area contributed by atoms with Gasteiger partial charge < -0.3 is 15.1 Å². The van der Waals surface area contributed by atoms with E-state index in [1.165, 1.54) is 11.1 Å². The predicted octanol–water partition coefficient (Wildman–Crippen LogP) is 2.02. The average molecular weight is 533 g/mol. The van der Waals surface area contributed by atoms with Gasteiger partial charge in [-0.25, -0.2) is 24.6 Å². The maximum absolute atomic E-state index is 4.89. The largest absolute Gasteiger partial charge is 0.357 e. The van der Waals surface area contributed by atoms with Crippen LogP contribution < -0.4 is 10.2 Å². The molecule has 0 atom stereocenters. The molecule has 0 spiro atoms. The molecule has 3 aromatic rings. The van der Waals surface area contributed by atoms with Crippen molar-refractivity contribution in [3.63, 3.8) is 0 Å². The number of hydrogen-bond donors (Lipinski definition) is 1. The number of nitrogens with one attached hydrogen (secondary N) is 1. The van der Waals surface area contributed by atoms with Crippen molar-refractivity contribution < 1.29 is 0 Å². The number of aliphatic imine (C=N–C) groups is 1. The summed E-state index contributed by atoms with van der Waals surface area (Å²) in [6, 6.07) is 10.3. The van der Waals surface area contributed by atoms with Crippen LogP contribution in [0.2, 0.25) is 0 Å². The molecule has 0 aliphatic carbocycles. The van der Waals surface area contributed by atoms with Crippen LogP contribution in [0.25, 0.3) is 0 Å². The van der Waals surface area contributed by atoms with Crippen molar-refractivity contribution in [2.45, 2.75) is 20.0 Å². The summed E-state index contributed by atoms with van der Waals surface area (Å²) in [5, 5.41) is 7.61. The molecule has 4 rings (SSSR count). The molecule has 10 heteroatoms. The van der Waals surface area contributed by atoms with Crippen molar-refractivity contribution in [3.05, 3.63) is 66.5 Å². The van der Waals surface area contributed by atoms with Crippen LogP contribution in [-0.4, -0.2) is 68.3 Å². The monoisotopic (exact) mass is 533 g/mol. The van der Waals surface area contributed by atoms with Gasteiger partial charge >= 0.3 is 0 Å². The molecule has 2 aromatic heterocycles. The summed E-state index contributed by atoms with van der Waals surface area (Å²) in [6.45, 7) is 7.81. The predicted molar refractivity (Wildman–Crippen MR) is 132 cm³/mol. The number of halogens is 1. The number of guanidine groups is 1. The second-order valence-corrected chi connectivity index (χ2v) is 7.11. The number of piperazine rings is 1. The fourth-order valence-electron chi connectivity index (χ4n) is 3.49. The van der Waals surface area contributed by atoms with E-state index in [9.17, 15) is 0 Å². The number of hydrogen-bond acceptors (Lipinski definition) is 6. The van der Waals surface area contributed by atoms with E-state index in [0.29, 0.717) is 13.1 Å². The average Bonchev–Trinajstić information content (AvgIpc) is 3.31. The quantitative estimate of drug-likeness (QED) is 0.295. The van der Waals surface area contributed by atoms with Crippen LogP contribution in [0.1, 0.15) is 18.1 Å². The van der Waals surface area contributed by atoms with Crippen LogP contribution in [0.5, 0.6) is 0 Å². The first-order valence-corrected chi connectivity index (χ1v) is 10.3. The van der Waals surface area contributed by atoms with Crippen molar-refractivity contribution in [3.8, 4) is 0 Å². The standard InChI is InChI=1S/C21H27N9.HI/c1-2-23-20(28-9-11-29(12-10-28)21-24-7-4-8-25-21)26-14-18-5-3-6-19(13-18)15-30-17-22-16-27-30;/h3-8,13,16-17H,2,9-12,14-15H2,1H3,(H,23,26);1H. The number of nitrogens with zero attached hydrogens (tertiary/aromatic N) is 8. The van der Waals surface area contributed by atoms with Gasteiger partial charge in [-0.3, -0.25) is 0 Å². The highest BCUT2D eigenvalue weighted by Gasteiger charge is 2.21. The van der Waals surface area contributed by atoms with Crippen LogP contribution in [0.3, 0.4) is 0 Å². The van der Waals surface area contributed by atoms with E-state index in [0.717, 1.165) is 44.6 Å². The van der Waals surface area contributed by atoms with Gasteiger partial charge in [-0.2, -0.15) is 5.10 Å². The number of rotatable bonds is 6. The lowest BCUT2D eigenvalue weighted by molar-refractivity contribution is 0.370. The van der Waals surface area contributed by atoms with Crippen molar-refractivity contribution >= 4 is 35.9 Å². The summed E-state index contributed by atoms with van der Waals surface area (Å²) in [7, 11) is 0. The Bertz CT molecular complexity index is 939. The molecule has 0 unspecified atom stereocenters. The van der Waals surface area contributed by atoms with E-state index >= 15 is 0 Å². The molecule has 0 saturated carbocycles. The van der Waals surface area contributed by atoms with Crippen LogP contribution in [-0.2, 0) is 13.1 Å². The third kappa shape index (κ3) is 6.36. The van der Waals surface area contributed by atoms with Gasteiger partial charge in [-0.15, -0.1) is 24.0 Å². The van der Waals surface area contributed by atoms with Crippen LogP contribution >= 0.6 is 24.0 Å². The molecule has 1 saturated heterocycles. The maximum atomic E-state index is 4.89. The first kappa shape index (κ1) is 22.9. The minimum atomic E-state index is 0. The topological polar surface area (TPSA) is 87.4 Å². The highest BCUT2D eigenvalue weighted by atomic mass is 127. The summed E-state index contributed by atoms with van der Waals surface area (Å²) < 4.78 is 1.82. The fraction of sp³-hybridized carbons (Fsp3) is 0.381. The highest BCUT2D eigenvalue weighted by Crippen LogP contribution is 2.11. The Morgan fingerprint density at radius 2 is 1.84 bits per heavy atom. The van der Waals surface area contributed by atoms with E-state index in [4.69, 9.17) is 4.99 Å². The zero-order valence-electron chi connectivity index (χ0n) is 17.6. The Kier molecular flexibility index (Phi) is 8.56. The molecule has 31 heavy (non-hydrogen) atoms. The molecule has 0 amide bonds. The first-order valence-electron chi connectivity index (χ1n) is 10.3. The minimum absolute atomic E-state index is 0. The Balaban J connectivity index is 0.00000272. The summed E-state index contributed by atoms with van der Waals surface area (Å²) in [4.78, 5) is 22.1. The Morgan fingerprint density at radius 3 is 2.55 bits per heavy atom. The SMILES string of the molecule is CCNC(=NCc1cccc(Cn2cncn2)c1)N1CCN(c2ncccn2)CC1.I. The number of anilines is 1. The summed E-state index contributed by atoms with van der Waals surface area (Å²) in [6.07, 6.45) is 6.86. The normalized spacial score (nSPS) is 14.3. The Labute approximate surface area is 199 Å². The van der Waals surface area contributed by atoms with Crippen LogP contribution in [0.15, 0.2) is 60.4 Å². The molecule has 1 fully saturated rings. The van der Waals surface area contributed by atoms with Gasteiger partial charge in [0.05, 0.1) is 13.1 Å². The van der Waals surface area contributed by atoms with Crippen molar-refractivity contribution in [2.75, 3.05) is 37.6 Å². The van der Waals surface area contributed by atoms with Gasteiger partial charge in [-0.1, -0.05) is 24.3 Å². The number of benzene rings is 1. The zero-order chi connectivity index (χ0) is 20.6. The molecule has 164 valence electrons. The molecule has 1 aliphatic rings. The molecular weight excluding hydrogens is 505 g/mol. The van der Waals surface area contributed by atoms with Crippen molar-refractivity contribution in [1.82, 2.24) is 34.9 Å². The van der Waals surface area contributed by atoms with Crippen molar-refractivity contribution in [2.24, 2.45) is 4.99 Å².